The van der Waals surface area contributed by atoms with E-state index in [0.29, 0.717) is 129 Å². The first kappa shape index (κ1) is 59.5. The summed E-state index contributed by atoms with van der Waals surface area (Å²) >= 11 is 0. The molecule has 5 aromatic carbocycles. The van der Waals surface area contributed by atoms with E-state index in [0.717, 1.165) is 122 Å². The zero-order valence-electron chi connectivity index (χ0n) is 117. The van der Waals surface area contributed by atoms with Crippen molar-refractivity contribution in [2.75, 3.05) is 0 Å². The molecule has 5 atom stereocenters. The second-order valence-corrected chi connectivity index (χ2v) is 34.9. The topological polar surface area (TPSA) is 150 Å². The lowest BCUT2D eigenvalue weighted by molar-refractivity contribution is -0.661. The standard InChI is InChI=1S/3C26H31N2O.C22H23N2O.C21H21N2O/c2*1-15(2)12-19-9-11-21-20-10-8-17(5)24(25(20)29-26(21)27-19)23-13-22(16(3)4)18(6)14-28(23)7;1-15(2)12-19-9-11-21-20-10-8-17(5)24(25(20)29-26(21)27-19)23-13-18(6)22(16(3)4)14-28(23)7;1-5-6-16-11-12-24(4)19(13-16)20-14(2)7-9-17-18-10-8-15(3)23-22(18)25-21(17)20;1-4-6-15-10-12-23(3)18(13-15)19-14(2)8-9-16-17-7-5-11-22-21(17)24-20(16)19/h3*8-11,13-16H,12H2,1-7H3;7-13H,5-6H2,1-4H3;5,7-13H,4,6H2,1-3H3/q5*+1/i1D3,3D3,6D3,12D2,15D,16D;1D3,6D3,12D2,15D,16D;1D3,3D3,12D2,15D,16D;2*6D2. The summed E-state index contributed by atoms with van der Waals surface area (Å²) in [4.78, 5) is 21.8. The van der Waals surface area contributed by atoms with E-state index in [9.17, 15) is 0 Å². The maximum atomic E-state index is 8.70. The van der Waals surface area contributed by atoms with Gasteiger partial charge in [0.15, 0.2) is 58.9 Å². The van der Waals surface area contributed by atoms with Crippen LogP contribution in [-0.2, 0) is 67.1 Å². The highest BCUT2D eigenvalue weighted by Crippen LogP contribution is 2.44. The van der Waals surface area contributed by atoms with Crippen LogP contribution in [0.25, 0.3) is 167 Å². The molecule has 136 heavy (non-hydrogen) atoms. The van der Waals surface area contributed by atoms with E-state index in [1.54, 1.807) is 101 Å². The monoisotopic (exact) mass is 1850 g/mol. The van der Waals surface area contributed by atoms with Crippen LogP contribution >= 0.6 is 0 Å². The molecule has 0 bridgehead atoms. The van der Waals surface area contributed by atoms with E-state index in [2.05, 4.69) is 69.1 Å². The average molecular weight is 1850 g/mol. The summed E-state index contributed by atoms with van der Waals surface area (Å²) in [5.41, 5.74) is 18.8. The van der Waals surface area contributed by atoms with Gasteiger partial charge in [0.1, 0.15) is 35.2 Å². The molecule has 15 heteroatoms. The molecule has 0 aliphatic heterocycles. The molecule has 0 aliphatic rings. The van der Waals surface area contributed by atoms with Crippen molar-refractivity contribution in [3.63, 3.8) is 0 Å². The zero-order valence-corrected chi connectivity index (χ0v) is 80.5. The summed E-state index contributed by atoms with van der Waals surface area (Å²) in [6.45, 7) is 6.77. The van der Waals surface area contributed by atoms with E-state index in [4.69, 9.17) is 72.8 Å². The van der Waals surface area contributed by atoms with Gasteiger partial charge >= 0.3 is 0 Å². The van der Waals surface area contributed by atoms with E-state index < -0.39 is 115 Å². The Bertz CT molecular complexity index is 9730. The predicted molar refractivity (Wildman–Crippen MR) is 559 cm³/mol. The molecule has 0 radical (unpaired) electrons. The molecule has 0 amide bonds. The van der Waals surface area contributed by atoms with Gasteiger partial charge < -0.3 is 22.1 Å². The van der Waals surface area contributed by atoms with Gasteiger partial charge in [0, 0.05) is 193 Å². The third kappa shape index (κ3) is 19.3. The summed E-state index contributed by atoms with van der Waals surface area (Å²) in [7, 11) is 9.04. The van der Waals surface area contributed by atoms with Crippen molar-refractivity contribution >= 4 is 110 Å². The molecule has 5 unspecified atom stereocenters. The maximum absolute atomic E-state index is 8.70. The number of rotatable bonds is 18. The Kier molecular flexibility index (Phi) is 17.4. The number of hydrogen-bond acceptors (Lipinski definition) is 10. The normalized spacial score (nSPS) is 19.3. The van der Waals surface area contributed by atoms with Crippen LogP contribution in [0.1, 0.15) is 273 Å². The lowest BCUT2D eigenvalue weighted by Gasteiger charge is -2.12. The number of benzene rings is 5. The van der Waals surface area contributed by atoms with Crippen molar-refractivity contribution in [2.45, 2.75) is 221 Å². The summed E-state index contributed by atoms with van der Waals surface area (Å²) in [6.07, 6.45) is 0.268. The second-order valence-electron chi connectivity index (χ2n) is 34.9. The molecule has 0 saturated carbocycles. The number of nitrogens with zero attached hydrogens (tertiary/aromatic N) is 10. The van der Waals surface area contributed by atoms with E-state index >= 15 is 0 Å². The Labute approximate surface area is 854 Å². The van der Waals surface area contributed by atoms with Crippen LogP contribution in [0.4, 0.5) is 0 Å². The number of aromatic nitrogens is 10. The first-order valence-electron chi connectivity index (χ1n) is 63.5. The highest BCUT2D eigenvalue weighted by molar-refractivity contribution is 6.13. The van der Waals surface area contributed by atoms with Crippen LogP contribution < -0.4 is 22.8 Å². The van der Waals surface area contributed by atoms with Gasteiger partial charge in [0.25, 0.3) is 0 Å². The van der Waals surface area contributed by atoms with Crippen molar-refractivity contribution in [1.29, 1.82) is 0 Å². The zero-order chi connectivity index (χ0) is 129. The first-order valence-corrected chi connectivity index (χ1v) is 45.0. The van der Waals surface area contributed by atoms with Crippen LogP contribution in [0.2, 0.25) is 0 Å². The van der Waals surface area contributed by atoms with Gasteiger partial charge in [-0.2, -0.15) is 0 Å². The summed E-state index contributed by atoms with van der Waals surface area (Å²) < 4.78 is 339. The minimum atomic E-state index is -2.94. The molecule has 696 valence electrons. The molecular weight excluding hydrogens is 1670 g/mol. The summed E-state index contributed by atoms with van der Waals surface area (Å²) in [6, 6.07) is 48.7. The molecular formula is C121H137N10O5+5. The molecule has 15 nitrogen and oxygen atoms in total. The molecule has 0 saturated heterocycles. The van der Waals surface area contributed by atoms with Gasteiger partial charge in [-0.1, -0.05) is 170 Å². The Morgan fingerprint density at radius 1 is 0.316 bits per heavy atom. The Morgan fingerprint density at radius 2 is 0.640 bits per heavy atom. The van der Waals surface area contributed by atoms with Gasteiger partial charge in [-0.3, -0.25) is 0 Å². The van der Waals surface area contributed by atoms with Gasteiger partial charge in [0.05, 0.1) is 27.8 Å². The average Bonchev–Trinajstić information content (AvgIpc) is 1.61. The minimum Gasteiger partial charge on any atom is -0.437 e. The van der Waals surface area contributed by atoms with Crippen LogP contribution in [-0.4, -0.2) is 24.9 Å². The Morgan fingerprint density at radius 3 is 1.00 bits per heavy atom. The molecule has 0 spiro atoms. The van der Waals surface area contributed by atoms with Crippen molar-refractivity contribution in [1.82, 2.24) is 24.9 Å². The van der Waals surface area contributed by atoms with Gasteiger partial charge in [-0.05, 0) is 246 Å². The third-order valence-corrected chi connectivity index (χ3v) is 24.3. The number of aryl methyl sites for hydroxylation is 16. The highest BCUT2D eigenvalue weighted by Gasteiger charge is 2.31. The Balaban J connectivity index is 0.000000152. The van der Waals surface area contributed by atoms with Crippen LogP contribution in [0.5, 0.6) is 0 Å². The third-order valence-electron chi connectivity index (χ3n) is 24.3. The molecule has 15 aromatic heterocycles. The smallest absolute Gasteiger partial charge is 0.227 e. The second kappa shape index (κ2) is 39.9. The SMILES string of the molecule is [2H]C([2H])(CC)c1cc[n+](C)c(-c2c(C)ccc3c2oc2nc(C)ccc23)c1.[2H]C([2H])(CC)c1cc[n+](C)c(-c2c(C)ccc3c2oc2ncccc23)c1.[2H]C([2H])([2H])C([2H])(C)c1c[n+](C)c(-c2c(C)ccc3c2oc2nc(C([2H])([2H])C([2H])(C)C([2H])([2H])[2H])ccc23)cc1C.[2H]C([2H])([2H])c1c[n+](C)c(-c2c(C)ccc3c2oc2nc(C([2H])([2H])C([2H])(C)C([2H])([2H])[2H])ccc23)cc1C([2H])(C)C.[2H]C([2H])([2H])c1c[n+](C)c(-c2c(C)ccc3c2oc2nc(C([2H])([2H])C([2H])(C)C([2H])([2H])[2H])ccc23)cc1C([2H])(C)C([2H])([2H])[2H]. The number of furan rings is 5. The molecule has 20 rings (SSSR count). The van der Waals surface area contributed by atoms with E-state index in [1.165, 1.54) is 54.2 Å². The van der Waals surface area contributed by atoms with Gasteiger partial charge in [-0.25, -0.2) is 47.8 Å². The van der Waals surface area contributed by atoms with Crippen molar-refractivity contribution in [3.05, 3.63) is 296 Å². The minimum absolute atomic E-state index is 0.00521. The highest BCUT2D eigenvalue weighted by atomic mass is 16.4. The molecule has 15 heterocycles. The fourth-order valence-corrected chi connectivity index (χ4v) is 17.7. The molecule has 0 fully saturated rings. The summed E-state index contributed by atoms with van der Waals surface area (Å²) in [5, 5.41) is 7.68. The molecule has 0 N–H and O–H groups in total. The van der Waals surface area contributed by atoms with Crippen molar-refractivity contribution in [3.8, 4) is 56.3 Å². The van der Waals surface area contributed by atoms with Crippen LogP contribution in [0.3, 0.4) is 0 Å². The van der Waals surface area contributed by atoms with Crippen LogP contribution in [0.15, 0.2) is 223 Å². The molecule has 0 aliphatic carbocycles. The fourth-order valence-electron chi connectivity index (χ4n) is 17.7. The fraction of sp³-hybridized carbons (Fsp3) is 0.339. The lowest BCUT2D eigenvalue weighted by Crippen LogP contribution is -2.32. The lowest BCUT2D eigenvalue weighted by atomic mass is 9.94. The predicted octanol–water partition coefficient (Wildman–Crippen LogP) is 29.0. The molecule has 20 aromatic rings. The van der Waals surface area contributed by atoms with E-state index in [-0.39, 0.29) is 50.9 Å². The number of pyridine rings is 10. The van der Waals surface area contributed by atoms with Crippen LogP contribution in [0, 0.1) is 79.9 Å². The van der Waals surface area contributed by atoms with E-state index in [1.807, 2.05) is 143 Å². The van der Waals surface area contributed by atoms with Gasteiger partial charge in [0.2, 0.25) is 57.0 Å². The first-order chi connectivity index (χ1) is 79.3. The summed E-state index contributed by atoms with van der Waals surface area (Å²) in [5.74, 6) is -12.7. The largest absolute Gasteiger partial charge is 0.437 e. The quantitative estimate of drug-likeness (QED) is 0.0760. The number of hydrogen-bond donors (Lipinski definition) is 0. The number of fused-ring (bicyclic) bond motifs is 15. The van der Waals surface area contributed by atoms with Crippen molar-refractivity contribution < 1.29 is 95.6 Å². The van der Waals surface area contributed by atoms with Gasteiger partial charge in [-0.15, -0.1) is 0 Å². The Hall–Kier alpha value is -13.4. The van der Waals surface area contributed by atoms with Crippen molar-refractivity contribution in [2.24, 2.45) is 52.9 Å². The maximum Gasteiger partial charge on any atom is 0.227 e.